The van der Waals surface area contributed by atoms with Gasteiger partial charge in [0.25, 0.3) is 0 Å². The molecule has 0 aromatic heterocycles. The van der Waals surface area contributed by atoms with Crippen LogP contribution in [0.1, 0.15) is 72.8 Å². The van der Waals surface area contributed by atoms with Crippen molar-refractivity contribution in [2.45, 2.75) is 57.0 Å². The first-order chi connectivity index (χ1) is 16.0. The van der Waals surface area contributed by atoms with Gasteiger partial charge >= 0.3 is 0 Å². The summed E-state index contributed by atoms with van der Waals surface area (Å²) in [6, 6.07) is 14.1. The maximum Gasteiger partial charge on any atom is 0.166 e. The van der Waals surface area contributed by atoms with Gasteiger partial charge < -0.3 is 4.74 Å². The molecule has 1 aliphatic carbocycles. The summed E-state index contributed by atoms with van der Waals surface area (Å²) < 4.78 is 64.2. The molecule has 3 aromatic rings. The number of hydrogen-bond acceptors (Lipinski definition) is 1. The van der Waals surface area contributed by atoms with Crippen LogP contribution in [0.4, 0.5) is 17.6 Å². The molecule has 2 fully saturated rings. The number of aryl methyl sites for hydroxylation is 1. The smallest absolute Gasteiger partial charge is 0.166 e. The van der Waals surface area contributed by atoms with Gasteiger partial charge in [-0.2, -0.15) is 0 Å². The molecule has 2 aliphatic rings. The minimum Gasteiger partial charge on any atom is -0.368 e. The maximum atomic E-state index is 15.0. The minimum absolute atomic E-state index is 0.130. The van der Waals surface area contributed by atoms with Crippen LogP contribution in [0.2, 0.25) is 0 Å². The van der Waals surface area contributed by atoms with Gasteiger partial charge in [0.15, 0.2) is 23.3 Å². The van der Waals surface area contributed by atoms with Crippen LogP contribution < -0.4 is 0 Å². The topological polar surface area (TPSA) is 12.5 Å². The summed E-state index contributed by atoms with van der Waals surface area (Å²) in [6.45, 7) is 2.47. The zero-order valence-corrected chi connectivity index (χ0v) is 18.5. The second-order valence-electron chi connectivity index (χ2n) is 9.12. The third-order valence-electron chi connectivity index (χ3n) is 7.21. The highest BCUT2D eigenvalue weighted by atomic mass is 19.2. The van der Waals surface area contributed by atoms with E-state index in [0.717, 1.165) is 12.0 Å². The molecule has 1 unspecified atom stereocenters. The summed E-state index contributed by atoms with van der Waals surface area (Å²) in [5.74, 6) is -3.53. The number of halogens is 4. The number of benzene rings is 3. The Balaban J connectivity index is 1.32. The molecule has 172 valence electrons. The quantitative estimate of drug-likeness (QED) is 0.281. The summed E-state index contributed by atoms with van der Waals surface area (Å²) >= 11 is 0. The van der Waals surface area contributed by atoms with Gasteiger partial charge in [0.05, 0.1) is 6.61 Å². The monoisotopic (exact) mass is 454 g/mol. The highest BCUT2D eigenvalue weighted by Crippen LogP contribution is 2.44. The molecule has 5 heteroatoms. The van der Waals surface area contributed by atoms with E-state index in [-0.39, 0.29) is 29.1 Å². The fourth-order valence-corrected chi connectivity index (χ4v) is 5.11. The first kappa shape index (κ1) is 22.1. The van der Waals surface area contributed by atoms with Gasteiger partial charge in [-0.3, -0.25) is 0 Å². The standard InChI is InChI=1S/C28H26F4O/c1-2-16-3-5-17(6-4-16)20-11-12-21(26(30)25(20)29)18-7-9-19(10-8-18)22-13-14-23(24-15-33-24)28(32)27(22)31/h3-6,11-14,18-19,24H,2,7-10,15H2,1H3. The molecule has 0 spiro atoms. The molecule has 0 amide bonds. The Morgan fingerprint density at radius 2 is 1.15 bits per heavy atom. The van der Waals surface area contributed by atoms with Crippen LogP contribution in [-0.4, -0.2) is 6.61 Å². The normalized spacial score (nSPS) is 22.4. The van der Waals surface area contributed by atoms with Crippen LogP contribution in [-0.2, 0) is 11.2 Å². The number of hydrogen-bond donors (Lipinski definition) is 0. The van der Waals surface area contributed by atoms with E-state index in [0.29, 0.717) is 49.0 Å². The van der Waals surface area contributed by atoms with Crippen LogP contribution in [0, 0.1) is 23.3 Å². The van der Waals surface area contributed by atoms with Crippen LogP contribution in [0.25, 0.3) is 11.1 Å². The Hall–Kier alpha value is -2.66. The Morgan fingerprint density at radius 3 is 1.70 bits per heavy atom. The summed E-state index contributed by atoms with van der Waals surface area (Å²) in [5.41, 5.74) is 3.05. The Kier molecular flexibility index (Phi) is 6.00. The molecule has 0 bridgehead atoms. The van der Waals surface area contributed by atoms with E-state index < -0.39 is 23.3 Å². The third kappa shape index (κ3) is 4.19. The number of rotatable bonds is 5. The molecule has 3 aromatic carbocycles. The van der Waals surface area contributed by atoms with Crippen molar-refractivity contribution >= 4 is 0 Å². The highest BCUT2D eigenvalue weighted by Gasteiger charge is 2.33. The SMILES string of the molecule is CCc1ccc(-c2ccc(C3CCC(c4ccc(C5CO5)c(F)c4F)CC3)c(F)c2F)cc1. The molecule has 1 atom stereocenters. The Labute approximate surface area is 191 Å². The van der Waals surface area contributed by atoms with Crippen molar-refractivity contribution in [2.75, 3.05) is 6.61 Å². The zero-order valence-electron chi connectivity index (χ0n) is 18.5. The number of ether oxygens (including phenoxy) is 1. The molecule has 1 saturated carbocycles. The van der Waals surface area contributed by atoms with Crippen molar-refractivity contribution < 1.29 is 22.3 Å². The Morgan fingerprint density at radius 1 is 0.667 bits per heavy atom. The van der Waals surface area contributed by atoms with Crippen LogP contribution in [0.5, 0.6) is 0 Å². The lowest BCUT2D eigenvalue weighted by Crippen LogP contribution is -2.15. The zero-order chi connectivity index (χ0) is 23.1. The third-order valence-corrected chi connectivity index (χ3v) is 7.21. The second-order valence-corrected chi connectivity index (χ2v) is 9.12. The average molecular weight is 455 g/mol. The summed E-state index contributed by atoms with van der Waals surface area (Å²) in [5, 5.41) is 0. The summed E-state index contributed by atoms with van der Waals surface area (Å²) in [4.78, 5) is 0. The van der Waals surface area contributed by atoms with Gasteiger partial charge in [-0.1, -0.05) is 55.5 Å². The average Bonchev–Trinajstić information content (AvgIpc) is 3.68. The predicted molar refractivity (Wildman–Crippen MR) is 120 cm³/mol. The van der Waals surface area contributed by atoms with E-state index in [4.69, 9.17) is 4.74 Å². The number of epoxide rings is 1. The molecule has 1 heterocycles. The first-order valence-electron chi connectivity index (χ1n) is 11.6. The van der Waals surface area contributed by atoms with Gasteiger partial charge in [-0.05, 0) is 66.2 Å². The van der Waals surface area contributed by atoms with Gasteiger partial charge in [0, 0.05) is 11.1 Å². The van der Waals surface area contributed by atoms with Gasteiger partial charge in [-0.15, -0.1) is 0 Å². The molecule has 5 rings (SSSR count). The van der Waals surface area contributed by atoms with Gasteiger partial charge in [0.1, 0.15) is 6.10 Å². The second kappa shape index (κ2) is 8.94. The minimum atomic E-state index is -0.829. The van der Waals surface area contributed by atoms with E-state index in [1.54, 1.807) is 24.3 Å². The predicted octanol–water partition coefficient (Wildman–Crippen LogP) is 7.99. The van der Waals surface area contributed by atoms with Crippen molar-refractivity contribution in [3.8, 4) is 11.1 Å². The van der Waals surface area contributed by atoms with E-state index in [1.165, 1.54) is 0 Å². The van der Waals surface area contributed by atoms with Crippen LogP contribution in [0.15, 0.2) is 48.5 Å². The highest BCUT2D eigenvalue weighted by molar-refractivity contribution is 5.65. The van der Waals surface area contributed by atoms with Crippen molar-refractivity contribution in [2.24, 2.45) is 0 Å². The van der Waals surface area contributed by atoms with Crippen molar-refractivity contribution in [3.63, 3.8) is 0 Å². The lowest BCUT2D eigenvalue weighted by molar-refractivity contribution is 0.367. The van der Waals surface area contributed by atoms with E-state index in [9.17, 15) is 13.2 Å². The van der Waals surface area contributed by atoms with Crippen LogP contribution >= 0.6 is 0 Å². The van der Waals surface area contributed by atoms with Gasteiger partial charge in [-0.25, -0.2) is 17.6 Å². The van der Waals surface area contributed by atoms with Crippen molar-refractivity contribution in [1.29, 1.82) is 0 Å². The van der Waals surface area contributed by atoms with Gasteiger partial charge in [0.2, 0.25) is 0 Å². The molecular weight excluding hydrogens is 428 g/mol. The molecule has 1 saturated heterocycles. The fraction of sp³-hybridized carbons (Fsp3) is 0.357. The fourth-order valence-electron chi connectivity index (χ4n) is 5.11. The van der Waals surface area contributed by atoms with E-state index >= 15 is 4.39 Å². The van der Waals surface area contributed by atoms with Crippen molar-refractivity contribution in [3.05, 3.63) is 94.1 Å². The summed E-state index contributed by atoms with van der Waals surface area (Å²) in [6.07, 6.45) is 2.94. The largest absolute Gasteiger partial charge is 0.368 e. The van der Waals surface area contributed by atoms with E-state index in [2.05, 4.69) is 0 Å². The lowest BCUT2D eigenvalue weighted by Gasteiger charge is -2.30. The molecular formula is C28H26F4O. The molecule has 33 heavy (non-hydrogen) atoms. The summed E-state index contributed by atoms with van der Waals surface area (Å²) in [7, 11) is 0. The van der Waals surface area contributed by atoms with Crippen LogP contribution in [0.3, 0.4) is 0 Å². The first-order valence-corrected chi connectivity index (χ1v) is 11.6. The maximum absolute atomic E-state index is 15.0. The van der Waals surface area contributed by atoms with Crippen molar-refractivity contribution in [1.82, 2.24) is 0 Å². The molecule has 0 N–H and O–H groups in total. The Bertz CT molecular complexity index is 1160. The lowest BCUT2D eigenvalue weighted by atomic mass is 9.75. The van der Waals surface area contributed by atoms with E-state index in [1.807, 2.05) is 31.2 Å². The molecule has 1 aliphatic heterocycles. The molecule has 1 nitrogen and oxygen atoms in total. The molecule has 0 radical (unpaired) electrons.